The lowest BCUT2D eigenvalue weighted by molar-refractivity contribution is -0.139. The molecule has 1 aliphatic heterocycles. The standard InChI is InChI=1S/C23H27NO6/c1-13-18(11-10-15-14-7-5-8-16(14)20(25)29-19(13)15)28-21(26)17-9-6-12-24(17)22(27)30-23(2,3)4/h10-11,17H,5-9,12H2,1-4H3/t17-/m1/s1. The van der Waals surface area contributed by atoms with Crippen LogP contribution in [0.15, 0.2) is 21.3 Å². The molecular weight excluding hydrogens is 386 g/mol. The average Bonchev–Trinajstić information content (AvgIpc) is 3.32. The third-order valence-corrected chi connectivity index (χ3v) is 5.70. The monoisotopic (exact) mass is 413 g/mol. The summed E-state index contributed by atoms with van der Waals surface area (Å²) in [6.07, 6.45) is 3.24. The molecule has 0 bridgehead atoms. The molecule has 0 radical (unpaired) electrons. The van der Waals surface area contributed by atoms with Crippen LogP contribution in [0.25, 0.3) is 11.0 Å². The summed E-state index contributed by atoms with van der Waals surface area (Å²) < 4.78 is 16.6. The first-order valence-electron chi connectivity index (χ1n) is 10.4. The number of nitrogens with zero attached hydrogens (tertiary/aromatic N) is 1. The van der Waals surface area contributed by atoms with Crippen molar-refractivity contribution in [2.24, 2.45) is 0 Å². The fraction of sp³-hybridized carbons (Fsp3) is 0.522. The Balaban J connectivity index is 1.59. The minimum atomic E-state index is -0.693. The van der Waals surface area contributed by atoms with Gasteiger partial charge in [-0.1, -0.05) is 0 Å². The van der Waals surface area contributed by atoms with Crippen LogP contribution in [0.2, 0.25) is 0 Å². The number of amides is 1. The van der Waals surface area contributed by atoms with E-state index in [0.717, 1.165) is 35.8 Å². The second-order valence-electron chi connectivity index (χ2n) is 9.02. The smallest absolute Gasteiger partial charge is 0.411 e. The summed E-state index contributed by atoms with van der Waals surface area (Å²) in [7, 11) is 0. The number of carbonyl (C=O) groups excluding carboxylic acids is 2. The minimum Gasteiger partial charge on any atom is -0.444 e. The number of ether oxygens (including phenoxy) is 2. The van der Waals surface area contributed by atoms with Crippen molar-refractivity contribution < 1.29 is 23.5 Å². The summed E-state index contributed by atoms with van der Waals surface area (Å²) in [6.45, 7) is 7.59. The average molecular weight is 413 g/mol. The summed E-state index contributed by atoms with van der Waals surface area (Å²) in [5.74, 6) is -0.172. The number of rotatable bonds is 2. The number of aryl methyl sites for hydroxylation is 2. The third-order valence-electron chi connectivity index (χ3n) is 5.70. The van der Waals surface area contributed by atoms with Gasteiger partial charge in [-0.3, -0.25) is 4.90 Å². The first-order valence-corrected chi connectivity index (χ1v) is 10.4. The van der Waals surface area contributed by atoms with Crippen molar-refractivity contribution in [3.05, 3.63) is 39.2 Å². The van der Waals surface area contributed by atoms with E-state index >= 15 is 0 Å². The van der Waals surface area contributed by atoms with Crippen LogP contribution in [0.1, 0.15) is 56.7 Å². The lowest BCUT2D eigenvalue weighted by Gasteiger charge is -2.27. The first kappa shape index (κ1) is 20.4. The number of fused-ring (bicyclic) bond motifs is 3. The molecule has 0 spiro atoms. The Morgan fingerprint density at radius 3 is 2.60 bits per heavy atom. The summed E-state index contributed by atoms with van der Waals surface area (Å²) in [6, 6.07) is 2.89. The van der Waals surface area contributed by atoms with Gasteiger partial charge in [-0.15, -0.1) is 0 Å². The zero-order chi connectivity index (χ0) is 21.6. The van der Waals surface area contributed by atoms with Crippen molar-refractivity contribution in [2.45, 2.75) is 71.4 Å². The summed E-state index contributed by atoms with van der Waals surface area (Å²) in [5.41, 5.74) is 1.91. The Labute approximate surface area is 174 Å². The zero-order valence-electron chi connectivity index (χ0n) is 17.9. The topological polar surface area (TPSA) is 86.0 Å². The number of benzene rings is 1. The van der Waals surface area contributed by atoms with Gasteiger partial charge in [0.05, 0.1) is 0 Å². The van der Waals surface area contributed by atoms with E-state index in [1.54, 1.807) is 33.8 Å². The van der Waals surface area contributed by atoms with Crippen LogP contribution in [0, 0.1) is 6.92 Å². The highest BCUT2D eigenvalue weighted by Crippen LogP contribution is 2.33. The molecular formula is C23H27NO6. The Hall–Kier alpha value is -2.83. The largest absolute Gasteiger partial charge is 0.444 e. The highest BCUT2D eigenvalue weighted by atomic mass is 16.6. The number of hydrogen-bond acceptors (Lipinski definition) is 6. The molecule has 0 saturated carbocycles. The molecule has 7 nitrogen and oxygen atoms in total. The van der Waals surface area contributed by atoms with Gasteiger partial charge in [0, 0.05) is 23.1 Å². The van der Waals surface area contributed by atoms with Gasteiger partial charge in [0.2, 0.25) is 0 Å². The maximum atomic E-state index is 12.9. The normalized spacial score (nSPS) is 18.5. The van der Waals surface area contributed by atoms with E-state index in [1.807, 2.05) is 6.07 Å². The van der Waals surface area contributed by atoms with Gasteiger partial charge in [-0.05, 0) is 77.5 Å². The third kappa shape index (κ3) is 3.68. The van der Waals surface area contributed by atoms with Gasteiger partial charge in [0.25, 0.3) is 0 Å². The Bertz CT molecular complexity index is 1080. The number of carbonyl (C=O) groups is 2. The Morgan fingerprint density at radius 2 is 1.87 bits per heavy atom. The van der Waals surface area contributed by atoms with E-state index in [4.69, 9.17) is 13.9 Å². The van der Waals surface area contributed by atoms with E-state index in [1.165, 1.54) is 4.90 Å². The molecule has 2 heterocycles. The SMILES string of the molecule is Cc1c(OC(=O)[C@H]2CCCN2C(=O)OC(C)(C)C)ccc2c3c(c(=O)oc12)CCC3. The molecule has 2 aliphatic rings. The van der Waals surface area contributed by atoms with Gasteiger partial charge >= 0.3 is 17.7 Å². The molecule has 160 valence electrons. The van der Waals surface area contributed by atoms with Gasteiger partial charge in [0.15, 0.2) is 0 Å². The summed E-state index contributed by atoms with van der Waals surface area (Å²) >= 11 is 0. The van der Waals surface area contributed by atoms with Crippen LogP contribution in [0.4, 0.5) is 4.79 Å². The molecule has 2 aromatic rings. The van der Waals surface area contributed by atoms with Gasteiger partial charge in [0.1, 0.15) is 23.0 Å². The van der Waals surface area contributed by atoms with Gasteiger partial charge in [-0.25, -0.2) is 14.4 Å². The van der Waals surface area contributed by atoms with Crippen molar-refractivity contribution in [1.82, 2.24) is 4.90 Å². The highest BCUT2D eigenvalue weighted by molar-refractivity contribution is 5.88. The molecule has 4 rings (SSSR count). The molecule has 0 N–H and O–H groups in total. The molecule has 1 aliphatic carbocycles. The maximum absolute atomic E-state index is 12.9. The number of likely N-dealkylation sites (tertiary alicyclic amines) is 1. The van der Waals surface area contributed by atoms with E-state index in [9.17, 15) is 14.4 Å². The lowest BCUT2D eigenvalue weighted by Crippen LogP contribution is -2.44. The maximum Gasteiger partial charge on any atom is 0.411 e. The van der Waals surface area contributed by atoms with E-state index < -0.39 is 23.7 Å². The van der Waals surface area contributed by atoms with Crippen molar-refractivity contribution in [3.63, 3.8) is 0 Å². The predicted molar refractivity (Wildman–Crippen MR) is 111 cm³/mol. The molecule has 1 amide bonds. The van der Waals surface area contributed by atoms with E-state index in [2.05, 4.69) is 0 Å². The fourth-order valence-electron chi connectivity index (χ4n) is 4.30. The quantitative estimate of drug-likeness (QED) is 0.422. The summed E-state index contributed by atoms with van der Waals surface area (Å²) in [5, 5.41) is 0.899. The Morgan fingerprint density at radius 1 is 1.13 bits per heavy atom. The summed E-state index contributed by atoms with van der Waals surface area (Å²) in [4.78, 5) is 39.1. The van der Waals surface area contributed by atoms with Crippen molar-refractivity contribution in [3.8, 4) is 5.75 Å². The lowest BCUT2D eigenvalue weighted by atomic mass is 10.0. The molecule has 1 atom stereocenters. The zero-order valence-corrected chi connectivity index (χ0v) is 17.9. The highest BCUT2D eigenvalue weighted by Gasteiger charge is 2.38. The van der Waals surface area contributed by atoms with E-state index in [-0.39, 0.29) is 5.63 Å². The molecule has 1 fully saturated rings. The number of hydrogen-bond donors (Lipinski definition) is 0. The predicted octanol–water partition coefficient (Wildman–Crippen LogP) is 3.90. The number of esters is 1. The molecule has 1 aromatic carbocycles. The first-order chi connectivity index (χ1) is 14.2. The molecule has 30 heavy (non-hydrogen) atoms. The van der Waals surface area contributed by atoms with Crippen LogP contribution in [0.5, 0.6) is 5.75 Å². The van der Waals surface area contributed by atoms with Crippen LogP contribution in [0.3, 0.4) is 0 Å². The van der Waals surface area contributed by atoms with Crippen LogP contribution in [-0.4, -0.2) is 35.2 Å². The Kier molecular flexibility index (Phi) is 5.08. The molecule has 1 saturated heterocycles. The second kappa shape index (κ2) is 7.45. The van der Waals surface area contributed by atoms with Crippen molar-refractivity contribution in [2.75, 3.05) is 6.54 Å². The minimum absolute atomic E-state index is 0.312. The van der Waals surface area contributed by atoms with Crippen LogP contribution < -0.4 is 10.4 Å². The second-order valence-corrected chi connectivity index (χ2v) is 9.02. The van der Waals surface area contributed by atoms with Crippen LogP contribution >= 0.6 is 0 Å². The van der Waals surface area contributed by atoms with Gasteiger partial charge < -0.3 is 13.9 Å². The molecule has 1 aromatic heterocycles. The fourth-order valence-corrected chi connectivity index (χ4v) is 4.30. The van der Waals surface area contributed by atoms with Crippen molar-refractivity contribution in [1.29, 1.82) is 0 Å². The molecule has 7 heteroatoms. The van der Waals surface area contributed by atoms with Crippen molar-refractivity contribution >= 4 is 23.0 Å². The molecule has 0 unspecified atom stereocenters. The van der Waals surface area contributed by atoms with E-state index in [0.29, 0.717) is 36.3 Å². The van der Waals surface area contributed by atoms with Gasteiger partial charge in [-0.2, -0.15) is 0 Å². The van der Waals surface area contributed by atoms with Crippen LogP contribution in [-0.2, 0) is 22.4 Å².